The number of nitrogens with two attached hydrogens (primary N) is 1. The second-order valence-corrected chi connectivity index (χ2v) is 19.0. The Kier molecular flexibility index (Phi) is 65.1. The Bertz CT molecular complexity index is 2100. The lowest BCUT2D eigenvalue weighted by Crippen LogP contribution is -2.44. The maximum atomic E-state index is 11.9. The number of hydrogen-bond acceptors (Lipinski definition) is 16. The van der Waals surface area contributed by atoms with Crippen LogP contribution in [0.25, 0.3) is 0 Å². The predicted octanol–water partition coefficient (Wildman–Crippen LogP) is 12.0. The zero-order valence-corrected chi connectivity index (χ0v) is 46.4. The summed E-state index contributed by atoms with van der Waals surface area (Å²) in [6.07, 6.45) is 18.3. The van der Waals surface area contributed by atoms with E-state index in [0.717, 1.165) is 22.5 Å². The molecule has 1 rings (SSSR count). The van der Waals surface area contributed by atoms with Crippen molar-refractivity contribution in [3.05, 3.63) is 29.8 Å². The first-order valence-electron chi connectivity index (χ1n) is 20.8. The molecule has 0 saturated heterocycles. The molecule has 0 aliphatic rings. The molecule has 21 heteroatoms. The number of ether oxygens (including phenoxy) is 4. The van der Waals surface area contributed by atoms with Crippen molar-refractivity contribution in [2.45, 2.75) is 180 Å². The first-order chi connectivity index (χ1) is 32.3. The van der Waals surface area contributed by atoms with Gasteiger partial charge in [0.25, 0.3) is 10.1 Å². The zero-order valence-electron chi connectivity index (χ0n) is 43.2. The summed E-state index contributed by atoms with van der Waals surface area (Å²) < 4.78 is 55.7. The number of terminal acetylenes is 4. The van der Waals surface area contributed by atoms with Crippen LogP contribution in [0.2, 0.25) is 0 Å². The molecule has 0 heterocycles. The van der Waals surface area contributed by atoms with Crippen LogP contribution in [0.15, 0.2) is 29.2 Å². The Hall–Kier alpha value is -5.70. The SMILES string of the molecule is C.C.C.C.C#CCCN.C#CCCN(C(=O)OC(C)(C)C)C(=O)OC(C)(C)C.C#CCCO.C#CCCOS(=O)(=O)c1ccc(C)cc1.CC#CC#CC#CSOOCl.CC(C)(C)OC(=O)NC(=O)OC(C)(C)C.Cl. The maximum absolute atomic E-state index is 11.9. The van der Waals surface area contributed by atoms with Gasteiger partial charge in [-0.2, -0.15) is 8.42 Å². The number of imide groups is 2. The summed E-state index contributed by atoms with van der Waals surface area (Å²) >= 11 is 5.44. The van der Waals surface area contributed by atoms with Crippen molar-refractivity contribution in [1.29, 1.82) is 0 Å². The third kappa shape index (κ3) is 72.6. The van der Waals surface area contributed by atoms with Gasteiger partial charge < -0.3 is 29.8 Å². The van der Waals surface area contributed by atoms with Gasteiger partial charge in [-0.25, -0.2) is 29.4 Å². The van der Waals surface area contributed by atoms with Crippen molar-refractivity contribution in [3.8, 4) is 84.2 Å². The van der Waals surface area contributed by atoms with Crippen molar-refractivity contribution in [2.24, 2.45) is 5.73 Å². The normalized spacial score (nSPS) is 9.19. The second-order valence-electron chi connectivity index (χ2n) is 16.7. The number of benzene rings is 1. The van der Waals surface area contributed by atoms with Crippen LogP contribution in [0.4, 0.5) is 19.2 Å². The third-order valence-electron chi connectivity index (χ3n) is 5.51. The number of nitrogens with one attached hydrogen (secondary N) is 1. The highest BCUT2D eigenvalue weighted by molar-refractivity contribution is 7.99. The second kappa shape index (κ2) is 53.1. The molecule has 4 N–H and O–H groups in total. The molecule has 0 aliphatic carbocycles. The molecule has 17 nitrogen and oxygen atoms in total. The lowest BCUT2D eigenvalue weighted by Gasteiger charge is -2.28. The summed E-state index contributed by atoms with van der Waals surface area (Å²) in [7, 11) is -3.64. The quantitative estimate of drug-likeness (QED) is 0.0376. The van der Waals surface area contributed by atoms with Crippen LogP contribution >= 0.6 is 36.3 Å². The van der Waals surface area contributed by atoms with E-state index in [2.05, 4.69) is 67.3 Å². The Morgan fingerprint density at radius 2 is 1.08 bits per heavy atom. The maximum Gasteiger partial charge on any atom is 0.419 e. The van der Waals surface area contributed by atoms with Crippen LogP contribution in [0.5, 0.6) is 0 Å². The molecule has 0 aliphatic heterocycles. The summed E-state index contributed by atoms with van der Waals surface area (Å²) in [5.41, 5.74) is 3.35. The van der Waals surface area contributed by atoms with Gasteiger partial charge in [-0.15, -0.1) is 70.6 Å². The highest BCUT2D eigenvalue weighted by Crippen LogP contribution is 2.16. The van der Waals surface area contributed by atoms with Crippen molar-refractivity contribution < 1.29 is 64.6 Å². The fraction of sp³-hybridized carbons (Fsp3) is 0.556. The van der Waals surface area contributed by atoms with E-state index in [0.29, 0.717) is 19.4 Å². The molecule has 1 aromatic rings. The van der Waals surface area contributed by atoms with E-state index in [-0.39, 0.29) is 79.6 Å². The van der Waals surface area contributed by atoms with Crippen molar-refractivity contribution in [1.82, 2.24) is 10.2 Å². The van der Waals surface area contributed by atoms with Crippen LogP contribution in [0.3, 0.4) is 0 Å². The monoisotopic (exact) mass is 1140 g/mol. The van der Waals surface area contributed by atoms with Crippen LogP contribution in [-0.4, -0.2) is 91.5 Å². The molecule has 4 amide bonds. The van der Waals surface area contributed by atoms with Gasteiger partial charge in [0.05, 0.1) is 18.1 Å². The Morgan fingerprint density at radius 3 is 1.39 bits per heavy atom. The van der Waals surface area contributed by atoms with Gasteiger partial charge in [-0.1, -0.05) is 53.3 Å². The van der Waals surface area contributed by atoms with Gasteiger partial charge in [0.1, 0.15) is 46.3 Å². The number of amides is 4. The lowest BCUT2D eigenvalue weighted by atomic mass is 10.2. The molecule has 1 aromatic carbocycles. The Morgan fingerprint density at radius 1 is 0.680 bits per heavy atom. The Labute approximate surface area is 469 Å². The molecule has 0 bridgehead atoms. The van der Waals surface area contributed by atoms with E-state index in [1.165, 1.54) is 12.1 Å². The number of aliphatic hydroxyl groups excluding tert-OH is 1. The first kappa shape index (κ1) is 91.9. The highest BCUT2D eigenvalue weighted by Gasteiger charge is 2.30. The molecule has 0 spiro atoms. The van der Waals surface area contributed by atoms with Crippen LogP contribution < -0.4 is 11.1 Å². The number of rotatable bonds is 10. The molecule has 0 radical (unpaired) electrons. The number of aliphatic hydroxyl groups is 1. The minimum Gasteiger partial charge on any atom is -0.443 e. The lowest BCUT2D eigenvalue weighted by molar-refractivity contribution is -0.0669. The molecule has 0 fully saturated rings. The molecule has 75 heavy (non-hydrogen) atoms. The fourth-order valence-corrected chi connectivity index (χ4v) is 4.23. The summed E-state index contributed by atoms with van der Waals surface area (Å²) in [5, 5.41) is 12.3. The summed E-state index contributed by atoms with van der Waals surface area (Å²) in [4.78, 5) is 47.1. The molecule has 0 aromatic heterocycles. The number of carbonyl (C=O) groups is 4. The van der Waals surface area contributed by atoms with Gasteiger partial charge in [-0.3, -0.25) is 4.18 Å². The van der Waals surface area contributed by atoms with E-state index < -0.39 is 56.9 Å². The summed E-state index contributed by atoms with van der Waals surface area (Å²) in [6.45, 7) is 25.0. The largest absolute Gasteiger partial charge is 0.443 e. The van der Waals surface area contributed by atoms with Gasteiger partial charge >= 0.3 is 24.4 Å². The van der Waals surface area contributed by atoms with Gasteiger partial charge in [0.15, 0.2) is 0 Å². The fourth-order valence-electron chi connectivity index (χ4n) is 3.09. The number of hydrogen-bond donors (Lipinski definition) is 3. The van der Waals surface area contributed by atoms with E-state index in [4.69, 9.17) is 71.5 Å². The van der Waals surface area contributed by atoms with E-state index >= 15 is 0 Å². The number of aryl methyl sites for hydroxylation is 1. The standard InChI is InChI=1S/C14H23NO4.C11H12O3S.C10H19NO4.C7H3ClO2S.C4H7N.C4H6O.4CH4.ClH/c1-8-9-10-15(11(16)18-13(2,3)4)12(17)19-14(5,6)7;1-3-4-9-14-15(12,13)11-7-5-10(2)6-8-11;1-9(2,3)14-7(12)11-8(13)15-10(4,5)6;1-2-3-4-5-6-7-11-10-9-8;2*1-2-3-4-5;;;;;/h1H,9-10H2,2-7H3;1,5-8H,4,9H2,2H3;1-6H3,(H,11,12,13);1H3;1H,3-5H2;1,5H,3-4H2;4*1H4;1H. The molecular formula is C54H87Cl2N3O14S2. The molecular weight excluding hydrogens is 1050 g/mol. The van der Waals surface area contributed by atoms with Crippen molar-refractivity contribution >= 4 is 70.8 Å². The van der Waals surface area contributed by atoms with Crippen LogP contribution in [0, 0.1) is 91.2 Å². The minimum absolute atomic E-state index is 0. The average molecular weight is 1140 g/mol. The van der Waals surface area contributed by atoms with E-state index in [1.807, 2.05) is 12.2 Å². The smallest absolute Gasteiger partial charge is 0.419 e. The zero-order chi connectivity index (χ0) is 55.5. The van der Waals surface area contributed by atoms with Crippen molar-refractivity contribution in [2.75, 3.05) is 26.3 Å². The highest BCUT2D eigenvalue weighted by atomic mass is 35.5. The molecule has 0 atom stereocenters. The average Bonchev–Trinajstić information content (AvgIpc) is 3.20. The van der Waals surface area contributed by atoms with Gasteiger partial charge in [0, 0.05) is 49.9 Å². The molecule has 428 valence electrons. The topological polar surface area (TPSA) is 229 Å². The number of halogens is 2. The number of carbonyl (C=O) groups excluding carboxylic acids is 4. The van der Waals surface area contributed by atoms with Crippen molar-refractivity contribution in [3.63, 3.8) is 0 Å². The molecule has 0 unspecified atom stereocenters. The third-order valence-corrected chi connectivity index (χ3v) is 7.30. The van der Waals surface area contributed by atoms with Gasteiger partial charge in [-0.05, 0) is 127 Å². The van der Waals surface area contributed by atoms with Crippen LogP contribution in [0.1, 0.15) is 151 Å². The number of nitrogens with zero attached hydrogens (tertiary/aromatic N) is 1. The van der Waals surface area contributed by atoms with Gasteiger partial charge in [0.2, 0.25) is 0 Å². The van der Waals surface area contributed by atoms with E-state index in [9.17, 15) is 27.6 Å². The summed E-state index contributed by atoms with van der Waals surface area (Å²) in [5.74, 6) is 21.8. The molecule has 0 saturated carbocycles. The minimum atomic E-state index is -3.64. The van der Waals surface area contributed by atoms with E-state index in [1.54, 1.807) is 102 Å². The Balaban J connectivity index is -0.0000000874. The summed E-state index contributed by atoms with van der Waals surface area (Å²) in [6, 6.07) is 6.47. The predicted molar refractivity (Wildman–Crippen MR) is 308 cm³/mol. The van der Waals surface area contributed by atoms with Crippen LogP contribution in [-0.2, 0) is 42.0 Å². The first-order valence-corrected chi connectivity index (χ1v) is 23.2. The number of alkyl carbamates (subject to hydrolysis) is 2.